The number of carbonyl (C=O) groups excluding carboxylic acids is 1. The van der Waals surface area contributed by atoms with E-state index >= 15 is 8.78 Å². The molecule has 2 saturated carbocycles. The Bertz CT molecular complexity index is 750. The first-order valence-electron chi connectivity index (χ1n) is 10.9. The molecule has 2 atom stereocenters. The average molecular weight is 449 g/mol. The van der Waals surface area contributed by atoms with Crippen LogP contribution in [-0.4, -0.2) is 23.9 Å². The van der Waals surface area contributed by atoms with Gasteiger partial charge in [0.2, 0.25) is 0 Å². The lowest BCUT2D eigenvalue weighted by Gasteiger charge is -2.34. The molecule has 1 aromatic rings. The standard InChI is InChI=1S/C23H29F6NO/c1-21(11-12-21)14-19(31)18(13-22(25,26)16-5-3-2-4-6-16)30-20(23(27,28)29)15-7-9-17(24)10-8-15/h7-10,16,18,20,30H,2-6,11-14H2,1H3/t18-,20-/m0/s1. The molecule has 3 rings (SSSR count). The van der Waals surface area contributed by atoms with Gasteiger partial charge in [0.05, 0.1) is 6.04 Å². The van der Waals surface area contributed by atoms with Crippen LogP contribution in [0.4, 0.5) is 26.3 Å². The molecule has 1 N–H and O–H groups in total. The van der Waals surface area contributed by atoms with Crippen LogP contribution in [-0.2, 0) is 4.79 Å². The zero-order chi connectivity index (χ0) is 22.9. The van der Waals surface area contributed by atoms with Crippen molar-refractivity contribution in [2.75, 3.05) is 0 Å². The van der Waals surface area contributed by atoms with Crippen LogP contribution in [0.2, 0.25) is 0 Å². The fraction of sp³-hybridized carbons (Fsp3) is 0.696. The van der Waals surface area contributed by atoms with Gasteiger partial charge >= 0.3 is 6.18 Å². The van der Waals surface area contributed by atoms with Gasteiger partial charge in [-0.05, 0) is 48.8 Å². The van der Waals surface area contributed by atoms with E-state index in [9.17, 15) is 22.4 Å². The van der Waals surface area contributed by atoms with E-state index in [0.29, 0.717) is 25.7 Å². The van der Waals surface area contributed by atoms with Gasteiger partial charge in [0.15, 0.2) is 5.78 Å². The van der Waals surface area contributed by atoms with Crippen molar-refractivity contribution in [3.8, 4) is 0 Å². The second-order valence-electron chi connectivity index (χ2n) is 9.50. The van der Waals surface area contributed by atoms with Crippen molar-refractivity contribution < 1.29 is 31.1 Å². The molecule has 174 valence electrons. The highest BCUT2D eigenvalue weighted by atomic mass is 19.4. The van der Waals surface area contributed by atoms with Crippen LogP contribution in [0.5, 0.6) is 0 Å². The molecule has 0 heterocycles. The first-order valence-corrected chi connectivity index (χ1v) is 10.9. The third-order valence-corrected chi connectivity index (χ3v) is 6.67. The number of hydrogen-bond acceptors (Lipinski definition) is 2. The molecule has 0 amide bonds. The second-order valence-corrected chi connectivity index (χ2v) is 9.50. The number of ketones is 1. The highest BCUT2D eigenvalue weighted by Gasteiger charge is 2.49. The summed E-state index contributed by atoms with van der Waals surface area (Å²) in [5.41, 5.74) is -0.633. The van der Waals surface area contributed by atoms with E-state index in [0.717, 1.165) is 43.5 Å². The first-order chi connectivity index (χ1) is 14.4. The summed E-state index contributed by atoms with van der Waals surface area (Å²) < 4.78 is 84.7. The normalized spacial score (nSPS) is 21.5. The molecular weight excluding hydrogens is 420 g/mol. The van der Waals surface area contributed by atoms with Crippen LogP contribution in [0.15, 0.2) is 24.3 Å². The van der Waals surface area contributed by atoms with E-state index in [-0.39, 0.29) is 17.4 Å². The van der Waals surface area contributed by atoms with Gasteiger partial charge in [0, 0.05) is 18.8 Å². The number of Topliss-reactive ketones (excluding diaryl/α,β-unsaturated/α-hetero) is 1. The third kappa shape index (κ3) is 6.46. The minimum atomic E-state index is -4.83. The molecule has 8 heteroatoms. The SMILES string of the molecule is CC1(CC(=O)[C@H](CC(F)(F)C2CCCCC2)N[C@@H](c2ccc(F)cc2)C(F)(F)F)CC1. The fourth-order valence-corrected chi connectivity index (χ4v) is 4.40. The average Bonchev–Trinajstić information content (AvgIpc) is 3.42. The van der Waals surface area contributed by atoms with Crippen molar-refractivity contribution in [2.24, 2.45) is 11.3 Å². The maximum absolute atomic E-state index is 15.0. The minimum absolute atomic E-state index is 0.0284. The molecule has 0 aromatic heterocycles. The first kappa shape index (κ1) is 24.1. The lowest BCUT2D eigenvalue weighted by Crippen LogP contribution is -2.49. The molecule has 1 aromatic carbocycles. The number of rotatable bonds is 9. The van der Waals surface area contributed by atoms with Gasteiger partial charge in [-0.1, -0.05) is 38.3 Å². The van der Waals surface area contributed by atoms with Crippen molar-refractivity contribution in [1.82, 2.24) is 5.32 Å². The molecule has 2 aliphatic carbocycles. The predicted molar refractivity (Wildman–Crippen MR) is 105 cm³/mol. The van der Waals surface area contributed by atoms with Gasteiger partial charge < -0.3 is 0 Å². The Morgan fingerprint density at radius 3 is 2.16 bits per heavy atom. The summed E-state index contributed by atoms with van der Waals surface area (Å²) in [4.78, 5) is 12.9. The van der Waals surface area contributed by atoms with E-state index in [1.165, 1.54) is 0 Å². The molecule has 2 fully saturated rings. The molecule has 0 unspecified atom stereocenters. The fourth-order valence-electron chi connectivity index (χ4n) is 4.40. The molecule has 0 radical (unpaired) electrons. The summed E-state index contributed by atoms with van der Waals surface area (Å²) >= 11 is 0. The van der Waals surface area contributed by atoms with E-state index in [1.54, 1.807) is 0 Å². The summed E-state index contributed by atoms with van der Waals surface area (Å²) in [6.45, 7) is 1.84. The van der Waals surface area contributed by atoms with Crippen LogP contribution in [0.3, 0.4) is 0 Å². The highest BCUT2D eigenvalue weighted by molar-refractivity contribution is 5.85. The number of benzene rings is 1. The Hall–Kier alpha value is -1.57. The molecule has 31 heavy (non-hydrogen) atoms. The van der Waals surface area contributed by atoms with Gasteiger partial charge in [-0.2, -0.15) is 13.2 Å². The number of carbonyl (C=O) groups is 1. The van der Waals surface area contributed by atoms with E-state index in [2.05, 4.69) is 5.32 Å². The number of hydrogen-bond donors (Lipinski definition) is 1. The van der Waals surface area contributed by atoms with E-state index < -0.39 is 48.1 Å². The molecule has 0 bridgehead atoms. The molecule has 0 spiro atoms. The monoisotopic (exact) mass is 449 g/mol. The minimum Gasteiger partial charge on any atom is -0.298 e. The van der Waals surface area contributed by atoms with Gasteiger partial charge in [-0.25, -0.2) is 13.2 Å². The quantitative estimate of drug-likeness (QED) is 0.423. The van der Waals surface area contributed by atoms with Crippen LogP contribution >= 0.6 is 0 Å². The van der Waals surface area contributed by atoms with E-state index in [1.807, 2.05) is 6.92 Å². The Morgan fingerprint density at radius 2 is 1.65 bits per heavy atom. The van der Waals surface area contributed by atoms with Crippen molar-refractivity contribution in [3.63, 3.8) is 0 Å². The molecule has 0 saturated heterocycles. The van der Waals surface area contributed by atoms with Crippen LogP contribution in [0, 0.1) is 17.2 Å². The van der Waals surface area contributed by atoms with Gasteiger partial charge in [0.1, 0.15) is 11.9 Å². The topological polar surface area (TPSA) is 29.1 Å². The van der Waals surface area contributed by atoms with Gasteiger partial charge in [-0.3, -0.25) is 10.1 Å². The molecule has 2 aliphatic rings. The maximum Gasteiger partial charge on any atom is 0.407 e. The largest absolute Gasteiger partial charge is 0.407 e. The van der Waals surface area contributed by atoms with Crippen molar-refractivity contribution in [2.45, 2.75) is 88.9 Å². The number of alkyl halides is 5. The second kappa shape index (κ2) is 9.12. The zero-order valence-corrected chi connectivity index (χ0v) is 17.6. The Kier molecular flexibility index (Phi) is 7.08. The predicted octanol–water partition coefficient (Wildman–Crippen LogP) is 6.75. The highest BCUT2D eigenvalue weighted by Crippen LogP contribution is 2.49. The van der Waals surface area contributed by atoms with E-state index in [4.69, 9.17) is 0 Å². The van der Waals surface area contributed by atoms with Crippen LogP contribution in [0.1, 0.15) is 76.3 Å². The zero-order valence-electron chi connectivity index (χ0n) is 17.6. The molecule has 0 aliphatic heterocycles. The lowest BCUT2D eigenvalue weighted by atomic mass is 9.81. The van der Waals surface area contributed by atoms with Crippen molar-refractivity contribution in [1.29, 1.82) is 0 Å². The van der Waals surface area contributed by atoms with Crippen molar-refractivity contribution >= 4 is 5.78 Å². The Balaban J connectivity index is 1.84. The van der Waals surface area contributed by atoms with Gasteiger partial charge in [-0.15, -0.1) is 0 Å². The summed E-state index contributed by atoms with van der Waals surface area (Å²) in [7, 11) is 0. The van der Waals surface area contributed by atoms with Crippen LogP contribution in [0.25, 0.3) is 0 Å². The van der Waals surface area contributed by atoms with Crippen LogP contribution < -0.4 is 5.32 Å². The molecular formula is C23H29F6NO. The third-order valence-electron chi connectivity index (χ3n) is 6.67. The molecule has 2 nitrogen and oxygen atoms in total. The number of nitrogens with one attached hydrogen (secondary N) is 1. The summed E-state index contributed by atoms with van der Waals surface area (Å²) in [5.74, 6) is -5.49. The summed E-state index contributed by atoms with van der Waals surface area (Å²) in [6.07, 6.45) is -1.50. The van der Waals surface area contributed by atoms with Crippen molar-refractivity contribution in [3.05, 3.63) is 35.6 Å². The maximum atomic E-state index is 15.0. The Labute approximate surface area is 178 Å². The Morgan fingerprint density at radius 1 is 1.06 bits per heavy atom. The lowest BCUT2D eigenvalue weighted by molar-refractivity contribution is -0.164. The number of halogens is 6. The smallest absolute Gasteiger partial charge is 0.298 e. The van der Waals surface area contributed by atoms with Gasteiger partial charge in [0.25, 0.3) is 5.92 Å². The summed E-state index contributed by atoms with van der Waals surface area (Å²) in [5, 5.41) is 2.20. The summed E-state index contributed by atoms with van der Waals surface area (Å²) in [6, 6.07) is -0.280.